The SMILES string of the molecule is CC(C)CC1(N)CC1c1ccc(Cl)cc1. The van der Waals surface area contributed by atoms with E-state index in [-0.39, 0.29) is 5.54 Å². The van der Waals surface area contributed by atoms with Gasteiger partial charge in [-0.3, -0.25) is 0 Å². The van der Waals surface area contributed by atoms with Crippen LogP contribution >= 0.6 is 11.6 Å². The Kier molecular flexibility index (Phi) is 2.78. The van der Waals surface area contributed by atoms with Crippen LogP contribution in [0.5, 0.6) is 0 Å². The molecule has 0 amide bonds. The average Bonchev–Trinajstić information content (AvgIpc) is 2.77. The summed E-state index contributed by atoms with van der Waals surface area (Å²) in [5.41, 5.74) is 7.71. The number of halogens is 1. The number of hydrogen-bond acceptors (Lipinski definition) is 1. The van der Waals surface area contributed by atoms with Gasteiger partial charge in [-0.15, -0.1) is 0 Å². The van der Waals surface area contributed by atoms with Gasteiger partial charge in [0.1, 0.15) is 0 Å². The zero-order valence-corrected chi connectivity index (χ0v) is 10.1. The van der Waals surface area contributed by atoms with Gasteiger partial charge < -0.3 is 5.73 Å². The molecular formula is C13H18ClN. The molecule has 1 aromatic rings. The molecule has 1 fully saturated rings. The Labute approximate surface area is 96.6 Å². The molecule has 0 aliphatic heterocycles. The first kappa shape index (κ1) is 11.0. The normalized spacial score (nSPS) is 29.5. The maximum atomic E-state index is 6.33. The molecule has 2 unspecified atom stereocenters. The molecule has 1 aliphatic rings. The lowest BCUT2D eigenvalue weighted by molar-refractivity contribution is 0.474. The van der Waals surface area contributed by atoms with Crippen LogP contribution in [0.4, 0.5) is 0 Å². The highest BCUT2D eigenvalue weighted by Gasteiger charge is 2.51. The van der Waals surface area contributed by atoms with Crippen molar-refractivity contribution in [1.29, 1.82) is 0 Å². The van der Waals surface area contributed by atoms with Crippen molar-refractivity contribution in [1.82, 2.24) is 0 Å². The second kappa shape index (κ2) is 3.80. The maximum absolute atomic E-state index is 6.33. The lowest BCUT2D eigenvalue weighted by atomic mass is 9.98. The van der Waals surface area contributed by atoms with Crippen LogP contribution in [0.15, 0.2) is 24.3 Å². The number of nitrogens with two attached hydrogens (primary N) is 1. The molecule has 0 heterocycles. The quantitative estimate of drug-likeness (QED) is 0.833. The third kappa shape index (κ3) is 2.35. The molecule has 0 spiro atoms. The fraction of sp³-hybridized carbons (Fsp3) is 0.538. The van der Waals surface area contributed by atoms with Crippen LogP contribution < -0.4 is 5.73 Å². The highest BCUT2D eigenvalue weighted by atomic mass is 35.5. The van der Waals surface area contributed by atoms with Crippen molar-refractivity contribution in [2.45, 2.75) is 38.1 Å². The van der Waals surface area contributed by atoms with Gasteiger partial charge in [-0.25, -0.2) is 0 Å². The largest absolute Gasteiger partial charge is 0.325 e. The topological polar surface area (TPSA) is 26.0 Å². The van der Waals surface area contributed by atoms with Crippen molar-refractivity contribution in [3.05, 3.63) is 34.9 Å². The van der Waals surface area contributed by atoms with E-state index in [1.54, 1.807) is 0 Å². The van der Waals surface area contributed by atoms with Crippen LogP contribution in [0.25, 0.3) is 0 Å². The number of rotatable bonds is 3. The van der Waals surface area contributed by atoms with Crippen LogP contribution in [-0.2, 0) is 0 Å². The maximum Gasteiger partial charge on any atom is 0.0406 e. The van der Waals surface area contributed by atoms with Gasteiger partial charge in [0.2, 0.25) is 0 Å². The molecule has 2 atom stereocenters. The van der Waals surface area contributed by atoms with E-state index in [1.165, 1.54) is 5.56 Å². The monoisotopic (exact) mass is 223 g/mol. The molecule has 2 rings (SSSR count). The van der Waals surface area contributed by atoms with Gasteiger partial charge >= 0.3 is 0 Å². The van der Waals surface area contributed by atoms with E-state index in [2.05, 4.69) is 26.0 Å². The van der Waals surface area contributed by atoms with Crippen LogP contribution in [-0.4, -0.2) is 5.54 Å². The van der Waals surface area contributed by atoms with E-state index in [4.69, 9.17) is 17.3 Å². The molecule has 2 heteroatoms. The van der Waals surface area contributed by atoms with Crippen molar-refractivity contribution in [3.8, 4) is 0 Å². The van der Waals surface area contributed by atoms with E-state index >= 15 is 0 Å². The molecule has 0 radical (unpaired) electrons. The van der Waals surface area contributed by atoms with Crippen molar-refractivity contribution >= 4 is 11.6 Å². The molecule has 2 N–H and O–H groups in total. The minimum atomic E-state index is 0.0436. The molecule has 0 bridgehead atoms. The fourth-order valence-electron chi connectivity index (χ4n) is 2.45. The van der Waals surface area contributed by atoms with Crippen LogP contribution in [0.3, 0.4) is 0 Å². The second-order valence-electron chi connectivity index (χ2n) is 5.14. The number of benzene rings is 1. The summed E-state index contributed by atoms with van der Waals surface area (Å²) < 4.78 is 0. The summed E-state index contributed by atoms with van der Waals surface area (Å²) in [6, 6.07) is 8.10. The molecule has 15 heavy (non-hydrogen) atoms. The van der Waals surface area contributed by atoms with Crippen LogP contribution in [0, 0.1) is 5.92 Å². The summed E-state index contributed by atoms with van der Waals surface area (Å²) >= 11 is 5.86. The molecular weight excluding hydrogens is 206 g/mol. The predicted molar refractivity (Wildman–Crippen MR) is 65.2 cm³/mol. The van der Waals surface area contributed by atoms with Gasteiger partial charge in [0.25, 0.3) is 0 Å². The smallest absolute Gasteiger partial charge is 0.0406 e. The summed E-state index contributed by atoms with van der Waals surface area (Å²) in [5.74, 6) is 1.21. The Morgan fingerprint density at radius 2 is 2.00 bits per heavy atom. The molecule has 1 aliphatic carbocycles. The van der Waals surface area contributed by atoms with Gasteiger partial charge in [-0.2, -0.15) is 0 Å². The van der Waals surface area contributed by atoms with Gasteiger partial charge in [0.15, 0.2) is 0 Å². The average molecular weight is 224 g/mol. The Morgan fingerprint density at radius 1 is 1.40 bits per heavy atom. The third-order valence-corrected chi connectivity index (χ3v) is 3.43. The summed E-state index contributed by atoms with van der Waals surface area (Å²) in [4.78, 5) is 0. The summed E-state index contributed by atoms with van der Waals surface area (Å²) in [6.07, 6.45) is 2.23. The lowest BCUT2D eigenvalue weighted by Crippen LogP contribution is -2.26. The zero-order valence-electron chi connectivity index (χ0n) is 9.33. The first-order chi connectivity index (χ1) is 7.01. The minimum absolute atomic E-state index is 0.0436. The fourth-order valence-corrected chi connectivity index (χ4v) is 2.58. The van der Waals surface area contributed by atoms with Crippen molar-refractivity contribution in [3.63, 3.8) is 0 Å². The highest BCUT2D eigenvalue weighted by molar-refractivity contribution is 6.30. The summed E-state index contributed by atoms with van der Waals surface area (Å²) in [7, 11) is 0. The molecule has 0 saturated heterocycles. The Morgan fingerprint density at radius 3 is 2.53 bits per heavy atom. The van der Waals surface area contributed by atoms with E-state index in [9.17, 15) is 0 Å². The van der Waals surface area contributed by atoms with Crippen LogP contribution in [0.2, 0.25) is 5.02 Å². The Balaban J connectivity index is 2.06. The highest BCUT2D eigenvalue weighted by Crippen LogP contribution is 2.52. The van der Waals surface area contributed by atoms with E-state index < -0.39 is 0 Å². The molecule has 1 aromatic carbocycles. The van der Waals surface area contributed by atoms with Gasteiger partial charge in [0, 0.05) is 16.5 Å². The lowest BCUT2D eigenvalue weighted by Gasteiger charge is -2.14. The standard InChI is InChI=1S/C13H18ClN/c1-9(2)7-13(15)8-12(13)10-3-5-11(14)6-4-10/h3-6,9,12H,7-8,15H2,1-2H3. The van der Waals surface area contributed by atoms with Crippen molar-refractivity contribution in [2.24, 2.45) is 11.7 Å². The van der Waals surface area contributed by atoms with Crippen molar-refractivity contribution in [2.75, 3.05) is 0 Å². The first-order valence-electron chi connectivity index (χ1n) is 5.55. The number of hydrogen-bond donors (Lipinski definition) is 1. The van der Waals surface area contributed by atoms with Crippen LogP contribution in [0.1, 0.15) is 38.2 Å². The minimum Gasteiger partial charge on any atom is -0.325 e. The third-order valence-electron chi connectivity index (χ3n) is 3.18. The molecule has 82 valence electrons. The van der Waals surface area contributed by atoms with Gasteiger partial charge in [0.05, 0.1) is 0 Å². The van der Waals surface area contributed by atoms with E-state index in [0.717, 1.165) is 17.9 Å². The second-order valence-corrected chi connectivity index (χ2v) is 5.58. The van der Waals surface area contributed by atoms with Crippen molar-refractivity contribution < 1.29 is 0 Å². The Bertz CT molecular complexity index is 344. The summed E-state index contributed by atoms with van der Waals surface area (Å²) in [5, 5.41) is 0.797. The predicted octanol–water partition coefficient (Wildman–Crippen LogP) is 3.57. The molecule has 1 saturated carbocycles. The molecule has 1 nitrogen and oxygen atoms in total. The van der Waals surface area contributed by atoms with Gasteiger partial charge in [-0.05, 0) is 36.5 Å². The summed E-state index contributed by atoms with van der Waals surface area (Å²) in [6.45, 7) is 4.46. The van der Waals surface area contributed by atoms with E-state index in [0.29, 0.717) is 11.8 Å². The zero-order chi connectivity index (χ0) is 11.1. The van der Waals surface area contributed by atoms with E-state index in [1.807, 2.05) is 12.1 Å². The molecule has 0 aromatic heterocycles. The Hall–Kier alpha value is -0.530. The van der Waals surface area contributed by atoms with Gasteiger partial charge in [-0.1, -0.05) is 37.6 Å². The first-order valence-corrected chi connectivity index (χ1v) is 5.93.